The first kappa shape index (κ1) is 23.6. The van der Waals surface area contributed by atoms with Crippen LogP contribution in [0.2, 0.25) is 0 Å². The second kappa shape index (κ2) is 8.20. The SMILES string of the molecule is CC(C)N1C(=O)N(c2cccc(C(F)(F)F)c2)CS/C1=N\C(C)(C)CC(C)(C)C. The van der Waals surface area contributed by atoms with Crippen LogP contribution in [-0.4, -0.2) is 33.6 Å². The number of benzene rings is 1. The lowest BCUT2D eigenvalue weighted by Crippen LogP contribution is -2.53. The molecule has 1 fully saturated rings. The third-order valence-corrected chi connectivity index (χ3v) is 5.26. The van der Waals surface area contributed by atoms with Crippen molar-refractivity contribution in [2.24, 2.45) is 10.4 Å². The molecule has 4 nitrogen and oxygen atoms in total. The first-order valence-electron chi connectivity index (χ1n) is 9.61. The fourth-order valence-corrected chi connectivity index (χ4v) is 4.86. The van der Waals surface area contributed by atoms with E-state index >= 15 is 0 Å². The van der Waals surface area contributed by atoms with Crippen LogP contribution in [0.25, 0.3) is 0 Å². The molecule has 1 aromatic carbocycles. The third kappa shape index (κ3) is 6.14. The number of carbonyl (C=O) groups excluding carboxylic acids is 1. The van der Waals surface area contributed by atoms with E-state index in [1.165, 1.54) is 28.8 Å². The van der Waals surface area contributed by atoms with Gasteiger partial charge in [-0.2, -0.15) is 13.2 Å². The van der Waals surface area contributed by atoms with Crippen LogP contribution < -0.4 is 4.90 Å². The number of hydrogen-bond donors (Lipinski definition) is 0. The number of aliphatic imine (C=N–C) groups is 1. The number of halogens is 3. The quantitative estimate of drug-likeness (QED) is 0.539. The molecule has 1 saturated heterocycles. The molecule has 1 heterocycles. The number of anilines is 1. The van der Waals surface area contributed by atoms with E-state index in [9.17, 15) is 18.0 Å². The molecule has 29 heavy (non-hydrogen) atoms. The molecule has 0 radical (unpaired) electrons. The maximum absolute atomic E-state index is 13.2. The predicted octanol–water partition coefficient (Wildman–Crippen LogP) is 6.62. The molecule has 1 aliphatic rings. The molecule has 2 amide bonds. The minimum absolute atomic E-state index is 0.0730. The molecular formula is C21H30F3N3OS. The van der Waals surface area contributed by atoms with Gasteiger partial charge in [0.1, 0.15) is 0 Å². The van der Waals surface area contributed by atoms with Gasteiger partial charge < -0.3 is 0 Å². The smallest absolute Gasteiger partial charge is 0.284 e. The van der Waals surface area contributed by atoms with E-state index in [1.54, 1.807) is 4.90 Å². The molecule has 2 rings (SSSR count). The molecule has 0 spiro atoms. The molecule has 8 heteroatoms. The van der Waals surface area contributed by atoms with Crippen LogP contribution in [0.15, 0.2) is 29.3 Å². The zero-order valence-electron chi connectivity index (χ0n) is 18.1. The number of rotatable bonds is 4. The lowest BCUT2D eigenvalue weighted by Gasteiger charge is -2.40. The van der Waals surface area contributed by atoms with Crippen molar-refractivity contribution < 1.29 is 18.0 Å². The first-order valence-corrected chi connectivity index (χ1v) is 10.6. The standard InChI is InChI=1S/C21H30F3N3OS/c1-14(2)27-17(25-20(6,7)12-19(3,4)5)29-13-26(18(27)28)16-10-8-9-15(11-16)21(22,23)24/h8-11,14H,12-13H2,1-7H3/b25-17-. The molecule has 0 aromatic heterocycles. The van der Waals surface area contributed by atoms with Crippen molar-refractivity contribution in [2.45, 2.75) is 72.6 Å². The Morgan fingerprint density at radius 2 is 1.76 bits per heavy atom. The predicted molar refractivity (Wildman–Crippen MR) is 114 cm³/mol. The average Bonchev–Trinajstić information content (AvgIpc) is 2.51. The van der Waals surface area contributed by atoms with E-state index in [1.807, 2.05) is 27.7 Å². The number of urea groups is 1. The monoisotopic (exact) mass is 429 g/mol. The van der Waals surface area contributed by atoms with E-state index in [0.29, 0.717) is 5.17 Å². The van der Waals surface area contributed by atoms with Crippen molar-refractivity contribution in [3.05, 3.63) is 29.8 Å². The molecule has 0 bridgehead atoms. The van der Waals surface area contributed by atoms with Gasteiger partial charge in [0.05, 0.1) is 17.0 Å². The highest BCUT2D eigenvalue weighted by Gasteiger charge is 2.37. The highest BCUT2D eigenvalue weighted by Crippen LogP contribution is 2.36. The van der Waals surface area contributed by atoms with Crippen LogP contribution in [0.4, 0.5) is 23.7 Å². The Morgan fingerprint density at radius 1 is 1.14 bits per heavy atom. The zero-order chi connectivity index (χ0) is 22.2. The van der Waals surface area contributed by atoms with Crippen molar-refractivity contribution >= 4 is 28.6 Å². The maximum Gasteiger partial charge on any atom is 0.416 e. The second-order valence-corrected chi connectivity index (χ2v) is 10.4. The Hall–Kier alpha value is -1.70. The Morgan fingerprint density at radius 3 is 2.28 bits per heavy atom. The molecule has 0 saturated carbocycles. The van der Waals surface area contributed by atoms with Crippen LogP contribution >= 0.6 is 11.8 Å². The summed E-state index contributed by atoms with van der Waals surface area (Å²) in [5.74, 6) is 0.216. The fraction of sp³-hybridized carbons (Fsp3) is 0.619. The van der Waals surface area contributed by atoms with Crippen molar-refractivity contribution in [1.82, 2.24) is 4.90 Å². The lowest BCUT2D eigenvalue weighted by molar-refractivity contribution is -0.137. The van der Waals surface area contributed by atoms with E-state index < -0.39 is 11.7 Å². The number of carbonyl (C=O) groups is 1. The van der Waals surface area contributed by atoms with Gasteiger partial charge in [0.25, 0.3) is 0 Å². The van der Waals surface area contributed by atoms with Gasteiger partial charge in [-0.1, -0.05) is 38.6 Å². The normalized spacial score (nSPS) is 18.2. The molecular weight excluding hydrogens is 399 g/mol. The maximum atomic E-state index is 13.2. The highest BCUT2D eigenvalue weighted by atomic mass is 32.2. The summed E-state index contributed by atoms with van der Waals surface area (Å²) in [6.45, 7) is 14.2. The fourth-order valence-electron chi connectivity index (χ4n) is 3.62. The molecule has 162 valence electrons. The van der Waals surface area contributed by atoms with Crippen LogP contribution in [-0.2, 0) is 6.18 Å². The Labute approximate surface area is 175 Å². The summed E-state index contributed by atoms with van der Waals surface area (Å²) in [6, 6.07) is 4.34. The summed E-state index contributed by atoms with van der Waals surface area (Å²) in [4.78, 5) is 21.0. The molecule has 0 unspecified atom stereocenters. The van der Waals surface area contributed by atoms with Gasteiger partial charge >= 0.3 is 12.2 Å². The highest BCUT2D eigenvalue weighted by molar-refractivity contribution is 8.14. The van der Waals surface area contributed by atoms with Gasteiger partial charge in [0.2, 0.25) is 0 Å². The van der Waals surface area contributed by atoms with Crippen molar-refractivity contribution in [2.75, 3.05) is 10.8 Å². The summed E-state index contributed by atoms with van der Waals surface area (Å²) in [5.41, 5.74) is -0.832. The molecule has 0 aliphatic carbocycles. The Kier molecular flexibility index (Phi) is 6.67. The second-order valence-electron chi connectivity index (χ2n) is 9.44. The lowest BCUT2D eigenvalue weighted by atomic mass is 9.82. The zero-order valence-corrected chi connectivity index (χ0v) is 18.9. The van der Waals surface area contributed by atoms with Crippen molar-refractivity contribution in [3.63, 3.8) is 0 Å². The number of alkyl halides is 3. The van der Waals surface area contributed by atoms with E-state index in [2.05, 4.69) is 20.8 Å². The minimum atomic E-state index is -4.46. The summed E-state index contributed by atoms with van der Waals surface area (Å²) < 4.78 is 39.2. The van der Waals surface area contributed by atoms with Gasteiger partial charge in [0, 0.05) is 11.7 Å². The minimum Gasteiger partial charge on any atom is -0.284 e. The van der Waals surface area contributed by atoms with Crippen molar-refractivity contribution in [1.29, 1.82) is 0 Å². The number of thioether (sulfide) groups is 1. The third-order valence-electron chi connectivity index (χ3n) is 4.33. The largest absolute Gasteiger partial charge is 0.416 e. The molecule has 0 N–H and O–H groups in total. The number of nitrogens with zero attached hydrogens (tertiary/aromatic N) is 3. The summed E-state index contributed by atoms with van der Waals surface area (Å²) in [5, 5.41) is 0.613. The van der Waals surface area contributed by atoms with E-state index in [0.717, 1.165) is 18.6 Å². The van der Waals surface area contributed by atoms with Crippen LogP contribution in [0, 0.1) is 5.41 Å². The molecule has 0 atom stereocenters. The van der Waals surface area contributed by atoms with Crippen LogP contribution in [0.5, 0.6) is 0 Å². The van der Waals surface area contributed by atoms with Gasteiger partial charge in [-0.15, -0.1) is 0 Å². The van der Waals surface area contributed by atoms with Crippen LogP contribution in [0.1, 0.15) is 60.5 Å². The van der Waals surface area contributed by atoms with Crippen LogP contribution in [0.3, 0.4) is 0 Å². The van der Waals surface area contributed by atoms with Gasteiger partial charge in [-0.3, -0.25) is 14.8 Å². The topological polar surface area (TPSA) is 35.9 Å². The number of hydrogen-bond acceptors (Lipinski definition) is 3. The Balaban J connectivity index is 2.36. The average molecular weight is 430 g/mol. The van der Waals surface area contributed by atoms with Gasteiger partial charge in [-0.05, 0) is 57.7 Å². The van der Waals surface area contributed by atoms with E-state index in [-0.39, 0.29) is 34.6 Å². The van der Waals surface area contributed by atoms with Crippen molar-refractivity contribution in [3.8, 4) is 0 Å². The number of amidine groups is 1. The van der Waals surface area contributed by atoms with Gasteiger partial charge in [0.15, 0.2) is 5.17 Å². The molecule has 1 aliphatic heterocycles. The molecule has 1 aromatic rings. The first-order chi connectivity index (χ1) is 13.1. The summed E-state index contributed by atoms with van der Waals surface area (Å²) >= 11 is 1.37. The Bertz CT molecular complexity index is 782. The van der Waals surface area contributed by atoms with E-state index in [4.69, 9.17) is 4.99 Å². The number of amides is 2. The van der Waals surface area contributed by atoms with Gasteiger partial charge in [-0.25, -0.2) is 4.79 Å². The summed E-state index contributed by atoms with van der Waals surface area (Å²) in [6.07, 6.45) is -3.62. The summed E-state index contributed by atoms with van der Waals surface area (Å²) in [7, 11) is 0.